The maximum atomic E-state index is 11.6. The van der Waals surface area contributed by atoms with E-state index in [-0.39, 0.29) is 11.6 Å². The molecule has 0 unspecified atom stereocenters. The highest BCUT2D eigenvalue weighted by molar-refractivity contribution is 5.68. The van der Waals surface area contributed by atoms with Crippen LogP contribution in [0.2, 0.25) is 0 Å². The molecule has 4 heteroatoms. The van der Waals surface area contributed by atoms with Crippen LogP contribution in [-0.4, -0.2) is 18.2 Å². The van der Waals surface area contributed by atoms with Gasteiger partial charge in [-0.2, -0.15) is 0 Å². The molecule has 2 rings (SSSR count). The average Bonchev–Trinajstić information content (AvgIpc) is 2.53. The van der Waals surface area contributed by atoms with Gasteiger partial charge >= 0.3 is 6.09 Å². The van der Waals surface area contributed by atoms with Crippen molar-refractivity contribution in [2.45, 2.75) is 39.3 Å². The Morgan fingerprint density at radius 2 is 1.71 bits per heavy atom. The molecule has 0 aliphatic heterocycles. The second kappa shape index (κ2) is 8.39. The number of nitrogens with one attached hydrogen (secondary N) is 1. The lowest BCUT2D eigenvalue weighted by molar-refractivity contribution is 0.139. The maximum absolute atomic E-state index is 11.6. The largest absolute Gasteiger partial charge is 0.489 e. The molecular formula is C20H25NO3. The van der Waals surface area contributed by atoms with Crippen molar-refractivity contribution in [1.29, 1.82) is 0 Å². The number of rotatable bonds is 6. The number of benzene rings is 2. The fraction of sp³-hybridized carbons (Fsp3) is 0.350. The molecule has 24 heavy (non-hydrogen) atoms. The van der Waals surface area contributed by atoms with E-state index in [1.54, 1.807) is 0 Å². The number of carbonyl (C=O) groups excluding carboxylic acids is 1. The van der Waals surface area contributed by atoms with Gasteiger partial charge in [0.15, 0.2) is 0 Å². The summed E-state index contributed by atoms with van der Waals surface area (Å²) >= 11 is 0. The van der Waals surface area contributed by atoms with E-state index in [9.17, 15) is 4.79 Å². The molecule has 0 bridgehead atoms. The fourth-order valence-electron chi connectivity index (χ4n) is 2.14. The lowest BCUT2D eigenvalue weighted by atomic mass is 10.1. The van der Waals surface area contributed by atoms with Crippen LogP contribution in [0, 0.1) is 0 Å². The van der Waals surface area contributed by atoms with Gasteiger partial charge in [-0.25, -0.2) is 4.79 Å². The van der Waals surface area contributed by atoms with Gasteiger partial charge in [0.2, 0.25) is 0 Å². The highest BCUT2D eigenvalue weighted by Crippen LogP contribution is 2.15. The molecule has 0 spiro atoms. The highest BCUT2D eigenvalue weighted by Gasteiger charge is 2.14. The quantitative estimate of drug-likeness (QED) is 0.859. The summed E-state index contributed by atoms with van der Waals surface area (Å²) in [5, 5.41) is 2.77. The molecule has 2 aromatic carbocycles. The van der Waals surface area contributed by atoms with E-state index in [2.05, 4.69) is 5.32 Å². The lowest BCUT2D eigenvalue weighted by Gasteiger charge is -2.19. The monoisotopic (exact) mass is 327 g/mol. The first-order chi connectivity index (χ1) is 11.4. The summed E-state index contributed by atoms with van der Waals surface area (Å²) in [5.74, 6) is 0.815. The van der Waals surface area contributed by atoms with Crippen LogP contribution in [0.5, 0.6) is 5.75 Å². The van der Waals surface area contributed by atoms with Gasteiger partial charge in [0.1, 0.15) is 12.4 Å². The number of amides is 1. The van der Waals surface area contributed by atoms with Gasteiger partial charge in [-0.1, -0.05) is 42.5 Å². The minimum absolute atomic E-state index is 0.289. The SMILES string of the molecule is CC(C)(C)NC(=O)OCCc1cccc(OCc2ccccc2)c1. The van der Waals surface area contributed by atoms with Gasteiger partial charge in [0.05, 0.1) is 6.61 Å². The van der Waals surface area contributed by atoms with E-state index < -0.39 is 0 Å². The normalized spacial score (nSPS) is 11.0. The number of ether oxygens (including phenoxy) is 2. The molecule has 0 saturated carbocycles. The van der Waals surface area contributed by atoms with Crippen molar-refractivity contribution >= 4 is 6.09 Å². The number of alkyl carbamates (subject to hydrolysis) is 1. The molecule has 0 saturated heterocycles. The van der Waals surface area contributed by atoms with Crippen LogP contribution in [0.15, 0.2) is 54.6 Å². The summed E-state index contributed by atoms with van der Waals surface area (Å²) in [6, 6.07) is 17.9. The third-order valence-corrected chi connectivity index (χ3v) is 3.25. The van der Waals surface area contributed by atoms with Crippen LogP contribution in [0.3, 0.4) is 0 Å². The van der Waals surface area contributed by atoms with Crippen LogP contribution in [0.25, 0.3) is 0 Å². The summed E-state index contributed by atoms with van der Waals surface area (Å²) < 4.78 is 11.0. The molecule has 4 nitrogen and oxygen atoms in total. The predicted molar refractivity (Wildman–Crippen MR) is 95.2 cm³/mol. The van der Waals surface area contributed by atoms with Crippen molar-refractivity contribution in [2.24, 2.45) is 0 Å². The molecule has 2 aromatic rings. The molecule has 0 aliphatic rings. The Balaban J connectivity index is 1.79. The number of carbonyl (C=O) groups is 1. The Kier molecular flexibility index (Phi) is 6.24. The molecular weight excluding hydrogens is 302 g/mol. The molecule has 0 aromatic heterocycles. The standard InChI is InChI=1S/C20H25NO3/c1-20(2,3)21-19(22)23-13-12-16-10-7-11-18(14-16)24-15-17-8-5-4-6-9-17/h4-11,14H,12-13,15H2,1-3H3,(H,21,22). The first-order valence-electron chi connectivity index (χ1n) is 8.13. The summed E-state index contributed by atoms with van der Waals surface area (Å²) in [4.78, 5) is 11.6. The van der Waals surface area contributed by atoms with E-state index in [0.29, 0.717) is 19.6 Å². The van der Waals surface area contributed by atoms with Crippen molar-refractivity contribution in [1.82, 2.24) is 5.32 Å². The second-order valence-electron chi connectivity index (χ2n) is 6.68. The average molecular weight is 327 g/mol. The summed E-state index contributed by atoms with van der Waals surface area (Å²) in [6.45, 7) is 6.63. The Bertz CT molecular complexity index is 647. The van der Waals surface area contributed by atoms with Crippen LogP contribution in [0.1, 0.15) is 31.9 Å². The first-order valence-corrected chi connectivity index (χ1v) is 8.13. The molecule has 0 fully saturated rings. The van der Waals surface area contributed by atoms with Crippen molar-refractivity contribution in [3.8, 4) is 5.75 Å². The first kappa shape index (κ1) is 17.9. The third kappa shape index (κ3) is 6.73. The summed E-state index contributed by atoms with van der Waals surface area (Å²) in [5.41, 5.74) is 1.91. The van der Waals surface area contributed by atoms with E-state index >= 15 is 0 Å². The minimum Gasteiger partial charge on any atom is -0.489 e. The van der Waals surface area contributed by atoms with E-state index in [0.717, 1.165) is 16.9 Å². The molecule has 0 radical (unpaired) electrons. The zero-order valence-electron chi connectivity index (χ0n) is 14.5. The van der Waals surface area contributed by atoms with Crippen LogP contribution >= 0.6 is 0 Å². The Hall–Kier alpha value is -2.49. The Labute approximate surface area is 143 Å². The lowest BCUT2D eigenvalue weighted by Crippen LogP contribution is -2.41. The molecule has 1 amide bonds. The third-order valence-electron chi connectivity index (χ3n) is 3.25. The summed E-state index contributed by atoms with van der Waals surface area (Å²) in [7, 11) is 0. The Morgan fingerprint density at radius 1 is 1.00 bits per heavy atom. The van der Waals surface area contributed by atoms with Crippen LogP contribution in [-0.2, 0) is 17.8 Å². The predicted octanol–water partition coefficient (Wildman–Crippen LogP) is 4.33. The molecule has 128 valence electrons. The van der Waals surface area contributed by atoms with Crippen molar-refractivity contribution < 1.29 is 14.3 Å². The second-order valence-corrected chi connectivity index (χ2v) is 6.68. The molecule has 0 aliphatic carbocycles. The molecule has 1 N–H and O–H groups in total. The zero-order valence-corrected chi connectivity index (χ0v) is 14.5. The van der Waals surface area contributed by atoms with Gasteiger partial charge in [0.25, 0.3) is 0 Å². The highest BCUT2D eigenvalue weighted by atomic mass is 16.5. The molecule has 0 atom stereocenters. The topological polar surface area (TPSA) is 47.6 Å². The minimum atomic E-state index is -0.390. The number of hydrogen-bond donors (Lipinski definition) is 1. The smallest absolute Gasteiger partial charge is 0.407 e. The van der Waals surface area contributed by atoms with Gasteiger partial charge in [-0.3, -0.25) is 0 Å². The van der Waals surface area contributed by atoms with E-state index in [1.165, 1.54) is 0 Å². The fourth-order valence-corrected chi connectivity index (χ4v) is 2.14. The summed E-state index contributed by atoms with van der Waals surface area (Å²) in [6.07, 6.45) is 0.263. The van der Waals surface area contributed by atoms with Gasteiger partial charge in [0, 0.05) is 12.0 Å². The van der Waals surface area contributed by atoms with E-state index in [1.807, 2.05) is 75.4 Å². The van der Waals surface area contributed by atoms with Crippen molar-refractivity contribution in [3.63, 3.8) is 0 Å². The van der Waals surface area contributed by atoms with Crippen LogP contribution < -0.4 is 10.1 Å². The van der Waals surface area contributed by atoms with Crippen LogP contribution in [0.4, 0.5) is 4.79 Å². The van der Waals surface area contributed by atoms with Gasteiger partial charge in [-0.05, 0) is 44.0 Å². The van der Waals surface area contributed by atoms with Crippen molar-refractivity contribution in [2.75, 3.05) is 6.61 Å². The Morgan fingerprint density at radius 3 is 2.42 bits per heavy atom. The zero-order chi connectivity index (χ0) is 17.4. The molecule has 0 heterocycles. The maximum Gasteiger partial charge on any atom is 0.407 e. The van der Waals surface area contributed by atoms with Gasteiger partial charge in [-0.15, -0.1) is 0 Å². The number of hydrogen-bond acceptors (Lipinski definition) is 3. The van der Waals surface area contributed by atoms with Crippen molar-refractivity contribution in [3.05, 3.63) is 65.7 Å². The van der Waals surface area contributed by atoms with E-state index in [4.69, 9.17) is 9.47 Å². The van der Waals surface area contributed by atoms with Gasteiger partial charge < -0.3 is 14.8 Å².